The number of hydrogen-bond donors (Lipinski definition) is 0. The van der Waals surface area contributed by atoms with E-state index in [2.05, 4.69) is 20.8 Å². The Morgan fingerprint density at radius 1 is 1.43 bits per heavy atom. The van der Waals surface area contributed by atoms with Gasteiger partial charge in [0.25, 0.3) is 0 Å². The highest BCUT2D eigenvalue weighted by molar-refractivity contribution is 6.62. The minimum Gasteiger partial charge on any atom is -0.329 e. The van der Waals surface area contributed by atoms with Crippen molar-refractivity contribution in [1.82, 2.24) is 4.90 Å². The Morgan fingerprint density at radius 3 is 2.29 bits per heavy atom. The molecule has 0 atom stereocenters. The van der Waals surface area contributed by atoms with Crippen LogP contribution in [0.4, 0.5) is 4.79 Å². The van der Waals surface area contributed by atoms with E-state index in [1.165, 1.54) is 6.42 Å². The number of likely N-dealkylation sites (tertiary alicyclic amines) is 1. The average Bonchev–Trinajstić information content (AvgIpc) is 2.02. The van der Waals surface area contributed by atoms with Crippen LogP contribution in [0.15, 0.2) is 0 Å². The van der Waals surface area contributed by atoms with Crippen molar-refractivity contribution in [2.24, 2.45) is 11.3 Å². The molecule has 14 heavy (non-hydrogen) atoms. The number of amides is 1. The lowest BCUT2D eigenvalue weighted by Crippen LogP contribution is -2.40. The summed E-state index contributed by atoms with van der Waals surface area (Å²) in [6.45, 7) is 8.48. The minimum atomic E-state index is -0.295. The highest BCUT2D eigenvalue weighted by atomic mass is 35.5. The fourth-order valence-electron chi connectivity index (χ4n) is 2.41. The van der Waals surface area contributed by atoms with Gasteiger partial charge in [0, 0.05) is 13.1 Å². The molecular formula is C11H20ClNO. The van der Waals surface area contributed by atoms with Crippen LogP contribution in [0.25, 0.3) is 0 Å². The molecule has 0 spiro atoms. The largest absolute Gasteiger partial charge is 0.329 e. The van der Waals surface area contributed by atoms with Crippen LogP contribution in [0.1, 0.15) is 40.0 Å². The third kappa shape index (κ3) is 3.16. The Morgan fingerprint density at radius 2 is 1.93 bits per heavy atom. The predicted octanol–water partition coefficient (Wildman–Crippen LogP) is 3.49. The van der Waals surface area contributed by atoms with Crippen LogP contribution in [-0.2, 0) is 0 Å². The summed E-state index contributed by atoms with van der Waals surface area (Å²) in [7, 11) is 0. The standard InChI is InChI=1S/C11H20ClNO/c1-9(2)8-11(3)4-6-13(7-5-11)10(12)14/h9H,4-8H2,1-3H3. The molecule has 82 valence electrons. The fourth-order valence-corrected chi connectivity index (χ4v) is 2.58. The second kappa shape index (κ2) is 4.52. The molecule has 1 rings (SSSR count). The normalized spacial score (nSPS) is 21.4. The molecule has 0 aromatic carbocycles. The maximum Gasteiger partial charge on any atom is 0.316 e. The Balaban J connectivity index is 2.44. The summed E-state index contributed by atoms with van der Waals surface area (Å²) in [5, 5.41) is -0.295. The SMILES string of the molecule is CC(C)CC1(C)CCN(C(=O)Cl)CC1. The number of nitrogens with zero attached hydrogens (tertiary/aromatic N) is 1. The van der Waals surface area contributed by atoms with Crippen LogP contribution in [0.3, 0.4) is 0 Å². The molecule has 1 fully saturated rings. The van der Waals surface area contributed by atoms with Crippen molar-refractivity contribution in [1.29, 1.82) is 0 Å². The molecule has 1 heterocycles. The Bertz CT molecular complexity index is 207. The third-order valence-electron chi connectivity index (χ3n) is 3.12. The summed E-state index contributed by atoms with van der Waals surface area (Å²) >= 11 is 5.44. The molecule has 0 aromatic rings. The zero-order chi connectivity index (χ0) is 10.8. The minimum absolute atomic E-state index is 0.295. The quantitative estimate of drug-likeness (QED) is 0.512. The summed E-state index contributed by atoms with van der Waals surface area (Å²) in [6.07, 6.45) is 3.42. The zero-order valence-electron chi connectivity index (χ0n) is 9.35. The van der Waals surface area contributed by atoms with Crippen LogP contribution in [0.5, 0.6) is 0 Å². The Labute approximate surface area is 91.6 Å². The monoisotopic (exact) mass is 217 g/mol. The van der Waals surface area contributed by atoms with Crippen molar-refractivity contribution >= 4 is 17.0 Å². The van der Waals surface area contributed by atoms with Crippen molar-refractivity contribution in [3.63, 3.8) is 0 Å². The topological polar surface area (TPSA) is 20.3 Å². The molecule has 1 saturated heterocycles. The maximum atomic E-state index is 10.9. The molecule has 0 aliphatic carbocycles. The second-order valence-electron chi connectivity index (χ2n) is 5.15. The van der Waals surface area contributed by atoms with E-state index in [-0.39, 0.29) is 5.37 Å². The van der Waals surface area contributed by atoms with Gasteiger partial charge in [0.15, 0.2) is 0 Å². The Kier molecular flexibility index (Phi) is 3.82. The van der Waals surface area contributed by atoms with Crippen molar-refractivity contribution in [2.75, 3.05) is 13.1 Å². The van der Waals surface area contributed by atoms with Crippen molar-refractivity contribution in [3.8, 4) is 0 Å². The van der Waals surface area contributed by atoms with Crippen LogP contribution in [-0.4, -0.2) is 23.4 Å². The molecule has 0 N–H and O–H groups in total. The number of carbonyl (C=O) groups is 1. The van der Waals surface area contributed by atoms with Crippen molar-refractivity contribution in [3.05, 3.63) is 0 Å². The average molecular weight is 218 g/mol. The summed E-state index contributed by atoms with van der Waals surface area (Å²) in [5.41, 5.74) is 0.414. The van der Waals surface area contributed by atoms with Gasteiger partial charge in [0.2, 0.25) is 0 Å². The van der Waals surface area contributed by atoms with Crippen LogP contribution < -0.4 is 0 Å². The molecule has 0 bridgehead atoms. The summed E-state index contributed by atoms with van der Waals surface area (Å²) in [5.74, 6) is 0.734. The molecule has 0 aromatic heterocycles. The highest BCUT2D eigenvalue weighted by Crippen LogP contribution is 2.37. The lowest BCUT2D eigenvalue weighted by Gasteiger charge is -2.39. The van der Waals surface area contributed by atoms with E-state index in [0.717, 1.165) is 31.8 Å². The van der Waals surface area contributed by atoms with Gasteiger partial charge in [-0.2, -0.15) is 0 Å². The van der Waals surface area contributed by atoms with E-state index in [1.807, 2.05) is 0 Å². The third-order valence-corrected chi connectivity index (χ3v) is 3.36. The first kappa shape index (κ1) is 11.8. The Hall–Kier alpha value is -0.240. The van der Waals surface area contributed by atoms with Gasteiger partial charge in [-0.1, -0.05) is 20.8 Å². The molecule has 0 radical (unpaired) electrons. The van der Waals surface area contributed by atoms with Crippen LogP contribution >= 0.6 is 11.6 Å². The number of halogens is 1. The smallest absolute Gasteiger partial charge is 0.316 e. The van der Waals surface area contributed by atoms with Gasteiger partial charge in [0.1, 0.15) is 0 Å². The van der Waals surface area contributed by atoms with E-state index in [9.17, 15) is 4.79 Å². The van der Waals surface area contributed by atoms with Crippen molar-refractivity contribution in [2.45, 2.75) is 40.0 Å². The first-order valence-electron chi connectivity index (χ1n) is 5.37. The van der Waals surface area contributed by atoms with E-state index in [1.54, 1.807) is 4.90 Å². The predicted molar refractivity (Wildman–Crippen MR) is 59.6 cm³/mol. The maximum absolute atomic E-state index is 10.9. The molecule has 2 nitrogen and oxygen atoms in total. The number of hydrogen-bond acceptors (Lipinski definition) is 1. The fraction of sp³-hybridized carbons (Fsp3) is 0.909. The van der Waals surface area contributed by atoms with E-state index in [4.69, 9.17) is 11.6 Å². The molecule has 3 heteroatoms. The van der Waals surface area contributed by atoms with Gasteiger partial charge in [0.05, 0.1) is 0 Å². The van der Waals surface area contributed by atoms with Gasteiger partial charge < -0.3 is 4.90 Å². The summed E-state index contributed by atoms with van der Waals surface area (Å²) in [4.78, 5) is 12.7. The molecule has 0 unspecified atom stereocenters. The molecule has 1 aliphatic rings. The number of piperidine rings is 1. The second-order valence-corrected chi connectivity index (χ2v) is 5.47. The summed E-state index contributed by atoms with van der Waals surface area (Å²) < 4.78 is 0. The number of rotatable bonds is 2. The van der Waals surface area contributed by atoms with E-state index < -0.39 is 0 Å². The van der Waals surface area contributed by atoms with Gasteiger partial charge in [-0.25, -0.2) is 0 Å². The lowest BCUT2D eigenvalue weighted by molar-refractivity contribution is 0.121. The van der Waals surface area contributed by atoms with E-state index in [0.29, 0.717) is 5.41 Å². The van der Waals surface area contributed by atoms with Crippen LogP contribution in [0.2, 0.25) is 0 Å². The molecular weight excluding hydrogens is 198 g/mol. The highest BCUT2D eigenvalue weighted by Gasteiger charge is 2.31. The molecule has 1 aliphatic heterocycles. The first-order chi connectivity index (χ1) is 6.43. The zero-order valence-corrected chi connectivity index (χ0v) is 10.1. The molecule has 1 amide bonds. The summed E-state index contributed by atoms with van der Waals surface area (Å²) in [6, 6.07) is 0. The van der Waals surface area contributed by atoms with Crippen LogP contribution in [0, 0.1) is 11.3 Å². The lowest BCUT2D eigenvalue weighted by atomic mass is 9.74. The van der Waals surface area contributed by atoms with E-state index >= 15 is 0 Å². The van der Waals surface area contributed by atoms with Gasteiger partial charge in [-0.05, 0) is 42.2 Å². The van der Waals surface area contributed by atoms with Gasteiger partial charge in [-0.3, -0.25) is 4.79 Å². The van der Waals surface area contributed by atoms with Gasteiger partial charge in [-0.15, -0.1) is 0 Å². The van der Waals surface area contributed by atoms with Crippen molar-refractivity contribution < 1.29 is 4.79 Å². The molecule has 0 saturated carbocycles. The van der Waals surface area contributed by atoms with Gasteiger partial charge >= 0.3 is 5.37 Å². The number of carbonyl (C=O) groups excluding carboxylic acids is 1. The first-order valence-corrected chi connectivity index (χ1v) is 5.75.